The third-order valence-corrected chi connectivity index (χ3v) is 2.47. The molecule has 0 fully saturated rings. The molecule has 0 saturated carbocycles. The predicted octanol–water partition coefficient (Wildman–Crippen LogP) is 1.67. The van der Waals surface area contributed by atoms with Gasteiger partial charge in [-0.25, -0.2) is 9.07 Å². The standard InChI is InChI=1S/C12H12FN5O/c1-2-5-18-12(15-16-17-18)8-19-10-4-3-9(7-14)11(13)6-10/h3-4,6H,2,5,8H2,1H3. The summed E-state index contributed by atoms with van der Waals surface area (Å²) in [5.74, 6) is 0.308. The van der Waals surface area contributed by atoms with E-state index < -0.39 is 5.82 Å². The highest BCUT2D eigenvalue weighted by Gasteiger charge is 2.08. The summed E-state index contributed by atoms with van der Waals surface area (Å²) in [4.78, 5) is 0. The van der Waals surface area contributed by atoms with Crippen LogP contribution in [0.2, 0.25) is 0 Å². The SMILES string of the molecule is CCCn1nnnc1COc1ccc(C#N)c(F)c1. The minimum absolute atomic E-state index is 0.0110. The summed E-state index contributed by atoms with van der Waals surface area (Å²) >= 11 is 0. The van der Waals surface area contributed by atoms with Crippen LogP contribution in [0.15, 0.2) is 18.2 Å². The molecule has 0 aliphatic heterocycles. The number of tetrazole rings is 1. The van der Waals surface area contributed by atoms with Crippen LogP contribution in [-0.2, 0) is 13.2 Å². The van der Waals surface area contributed by atoms with Gasteiger partial charge in [0.1, 0.15) is 24.2 Å². The molecule has 0 amide bonds. The number of hydrogen-bond acceptors (Lipinski definition) is 5. The molecule has 6 nitrogen and oxygen atoms in total. The van der Waals surface area contributed by atoms with E-state index in [1.807, 2.05) is 6.92 Å². The maximum atomic E-state index is 13.4. The van der Waals surface area contributed by atoms with Gasteiger partial charge in [-0.05, 0) is 29.0 Å². The van der Waals surface area contributed by atoms with Gasteiger partial charge in [-0.1, -0.05) is 6.92 Å². The van der Waals surface area contributed by atoms with E-state index in [1.54, 1.807) is 10.8 Å². The molecule has 1 heterocycles. The second kappa shape index (κ2) is 5.91. The molecule has 0 aliphatic carbocycles. The van der Waals surface area contributed by atoms with Gasteiger partial charge in [0, 0.05) is 12.6 Å². The molecular formula is C12H12FN5O. The van der Waals surface area contributed by atoms with Crippen LogP contribution in [0.1, 0.15) is 24.7 Å². The van der Waals surface area contributed by atoms with Gasteiger partial charge in [-0.3, -0.25) is 0 Å². The molecule has 98 valence electrons. The lowest BCUT2D eigenvalue weighted by Crippen LogP contribution is -2.08. The van der Waals surface area contributed by atoms with Crippen molar-refractivity contribution in [2.45, 2.75) is 26.5 Å². The first-order valence-corrected chi connectivity index (χ1v) is 5.82. The Labute approximate surface area is 109 Å². The van der Waals surface area contributed by atoms with Crippen molar-refractivity contribution in [1.29, 1.82) is 5.26 Å². The van der Waals surface area contributed by atoms with Crippen LogP contribution in [0.5, 0.6) is 5.75 Å². The van der Waals surface area contributed by atoms with Crippen molar-refractivity contribution in [2.75, 3.05) is 0 Å². The number of ether oxygens (including phenoxy) is 1. The Kier molecular flexibility index (Phi) is 4.03. The highest BCUT2D eigenvalue weighted by Crippen LogP contribution is 2.16. The van der Waals surface area contributed by atoms with E-state index in [9.17, 15) is 4.39 Å². The fraction of sp³-hybridized carbons (Fsp3) is 0.333. The Morgan fingerprint density at radius 2 is 2.32 bits per heavy atom. The number of hydrogen-bond donors (Lipinski definition) is 0. The second-order valence-corrected chi connectivity index (χ2v) is 3.86. The molecule has 0 radical (unpaired) electrons. The summed E-state index contributed by atoms with van der Waals surface area (Å²) in [5.41, 5.74) is -0.0110. The number of halogens is 1. The molecule has 0 saturated heterocycles. The molecule has 0 aliphatic rings. The van der Waals surface area contributed by atoms with Crippen LogP contribution in [-0.4, -0.2) is 20.2 Å². The van der Waals surface area contributed by atoms with Crippen molar-refractivity contribution >= 4 is 0 Å². The normalized spacial score (nSPS) is 10.2. The molecular weight excluding hydrogens is 249 g/mol. The van der Waals surface area contributed by atoms with E-state index >= 15 is 0 Å². The molecule has 1 aromatic carbocycles. The maximum Gasteiger partial charge on any atom is 0.189 e. The molecule has 0 N–H and O–H groups in total. The number of aryl methyl sites for hydroxylation is 1. The Bertz CT molecular complexity index is 604. The van der Waals surface area contributed by atoms with Crippen molar-refractivity contribution < 1.29 is 9.13 Å². The first-order chi connectivity index (χ1) is 9.24. The first kappa shape index (κ1) is 13.0. The lowest BCUT2D eigenvalue weighted by atomic mass is 10.2. The zero-order valence-electron chi connectivity index (χ0n) is 10.4. The summed E-state index contributed by atoms with van der Waals surface area (Å²) in [6, 6.07) is 5.84. The summed E-state index contributed by atoms with van der Waals surface area (Å²) in [6.45, 7) is 2.87. The molecule has 2 rings (SSSR count). The lowest BCUT2D eigenvalue weighted by Gasteiger charge is -2.06. The number of nitriles is 1. The monoisotopic (exact) mass is 261 g/mol. The van der Waals surface area contributed by atoms with Crippen LogP contribution < -0.4 is 4.74 Å². The maximum absolute atomic E-state index is 13.4. The molecule has 0 unspecified atom stereocenters. The third-order valence-electron chi connectivity index (χ3n) is 2.47. The Balaban J connectivity index is 2.04. The molecule has 1 aromatic heterocycles. The molecule has 0 spiro atoms. The largest absolute Gasteiger partial charge is 0.485 e. The number of aromatic nitrogens is 4. The Morgan fingerprint density at radius 3 is 3.00 bits per heavy atom. The van der Waals surface area contributed by atoms with E-state index in [0.717, 1.165) is 6.42 Å². The molecule has 2 aromatic rings. The Morgan fingerprint density at radius 1 is 1.47 bits per heavy atom. The molecule has 7 heteroatoms. The van der Waals surface area contributed by atoms with E-state index in [1.165, 1.54) is 18.2 Å². The van der Waals surface area contributed by atoms with Gasteiger partial charge in [-0.15, -0.1) is 5.10 Å². The van der Waals surface area contributed by atoms with Crippen LogP contribution >= 0.6 is 0 Å². The average molecular weight is 261 g/mol. The van der Waals surface area contributed by atoms with Crippen molar-refractivity contribution in [2.24, 2.45) is 0 Å². The fourth-order valence-electron chi connectivity index (χ4n) is 1.54. The minimum atomic E-state index is -0.604. The average Bonchev–Trinajstić information content (AvgIpc) is 2.84. The molecule has 0 bridgehead atoms. The van der Waals surface area contributed by atoms with Gasteiger partial charge in [-0.2, -0.15) is 5.26 Å². The van der Waals surface area contributed by atoms with Crippen molar-refractivity contribution in [3.8, 4) is 11.8 Å². The minimum Gasteiger partial charge on any atom is -0.485 e. The number of benzene rings is 1. The number of rotatable bonds is 5. The topological polar surface area (TPSA) is 76.6 Å². The summed E-state index contributed by atoms with van der Waals surface area (Å²) in [5, 5.41) is 19.8. The van der Waals surface area contributed by atoms with Gasteiger partial charge < -0.3 is 4.74 Å². The van der Waals surface area contributed by atoms with Gasteiger partial charge in [0.2, 0.25) is 0 Å². The van der Waals surface area contributed by atoms with E-state index in [2.05, 4.69) is 15.5 Å². The van der Waals surface area contributed by atoms with Gasteiger partial charge >= 0.3 is 0 Å². The fourth-order valence-corrected chi connectivity index (χ4v) is 1.54. The lowest BCUT2D eigenvalue weighted by molar-refractivity contribution is 0.284. The van der Waals surface area contributed by atoms with E-state index in [-0.39, 0.29) is 12.2 Å². The van der Waals surface area contributed by atoms with Crippen LogP contribution in [0, 0.1) is 17.1 Å². The summed E-state index contributed by atoms with van der Waals surface area (Å²) < 4.78 is 20.4. The zero-order valence-corrected chi connectivity index (χ0v) is 10.4. The van der Waals surface area contributed by atoms with Gasteiger partial charge in [0.05, 0.1) is 5.56 Å². The molecule has 19 heavy (non-hydrogen) atoms. The van der Waals surface area contributed by atoms with Crippen LogP contribution in [0.4, 0.5) is 4.39 Å². The van der Waals surface area contributed by atoms with Crippen molar-refractivity contribution in [3.63, 3.8) is 0 Å². The second-order valence-electron chi connectivity index (χ2n) is 3.86. The van der Waals surface area contributed by atoms with Crippen molar-refractivity contribution in [3.05, 3.63) is 35.4 Å². The smallest absolute Gasteiger partial charge is 0.189 e. The van der Waals surface area contributed by atoms with Crippen LogP contribution in [0.25, 0.3) is 0 Å². The van der Waals surface area contributed by atoms with E-state index in [0.29, 0.717) is 18.1 Å². The molecule has 0 atom stereocenters. The van der Waals surface area contributed by atoms with E-state index in [4.69, 9.17) is 10.00 Å². The van der Waals surface area contributed by atoms with Gasteiger partial charge in [0.25, 0.3) is 0 Å². The van der Waals surface area contributed by atoms with Gasteiger partial charge in [0.15, 0.2) is 5.82 Å². The summed E-state index contributed by atoms with van der Waals surface area (Å²) in [7, 11) is 0. The highest BCUT2D eigenvalue weighted by molar-refractivity contribution is 5.36. The quantitative estimate of drug-likeness (QED) is 0.818. The summed E-state index contributed by atoms with van der Waals surface area (Å²) in [6.07, 6.45) is 0.906. The van der Waals surface area contributed by atoms with Crippen LogP contribution in [0.3, 0.4) is 0 Å². The first-order valence-electron chi connectivity index (χ1n) is 5.82. The number of nitrogens with zero attached hydrogens (tertiary/aromatic N) is 5. The van der Waals surface area contributed by atoms with Crippen molar-refractivity contribution in [1.82, 2.24) is 20.2 Å². The predicted molar refractivity (Wildman–Crippen MR) is 63.6 cm³/mol. The zero-order chi connectivity index (χ0) is 13.7. The Hall–Kier alpha value is -2.49. The third kappa shape index (κ3) is 3.04. The highest BCUT2D eigenvalue weighted by atomic mass is 19.1.